The van der Waals surface area contributed by atoms with E-state index in [1.807, 2.05) is 23.1 Å². The molecule has 1 amide bonds. The minimum atomic E-state index is 0.0204. The van der Waals surface area contributed by atoms with Crippen molar-refractivity contribution in [1.82, 2.24) is 4.98 Å². The summed E-state index contributed by atoms with van der Waals surface area (Å²) in [5.41, 5.74) is 4.32. The lowest BCUT2D eigenvalue weighted by atomic mass is 10.0. The normalized spacial score (nSPS) is 14.2. The molecule has 2 heterocycles. The number of aryl methyl sites for hydroxylation is 1. The van der Waals surface area contributed by atoms with Crippen LogP contribution in [0.4, 0.5) is 5.69 Å². The van der Waals surface area contributed by atoms with Gasteiger partial charge in [-0.15, -0.1) is 0 Å². The maximum Gasteiger partial charge on any atom is 0.258 e. The van der Waals surface area contributed by atoms with Crippen molar-refractivity contribution in [1.29, 1.82) is 0 Å². The molecule has 1 aliphatic heterocycles. The highest BCUT2D eigenvalue weighted by molar-refractivity contribution is 6.08. The average Bonchev–Trinajstić information content (AvgIpc) is 3.01. The number of rotatable bonds is 1. The Morgan fingerprint density at radius 2 is 2.10 bits per heavy atom. The van der Waals surface area contributed by atoms with E-state index >= 15 is 0 Å². The fourth-order valence-electron chi connectivity index (χ4n) is 2.89. The third-order valence-corrected chi connectivity index (χ3v) is 3.93. The van der Waals surface area contributed by atoms with Crippen molar-refractivity contribution < 1.29 is 9.21 Å². The Balaban J connectivity index is 1.75. The number of nitrogens with zero attached hydrogens (tertiary/aromatic N) is 2. The topological polar surface area (TPSA) is 46.3 Å². The molecule has 0 unspecified atom stereocenters. The molecule has 4 heteroatoms. The molecule has 0 radical (unpaired) electrons. The van der Waals surface area contributed by atoms with Crippen LogP contribution in [0.2, 0.25) is 0 Å². The highest BCUT2D eigenvalue weighted by atomic mass is 16.3. The molecule has 1 aliphatic rings. The Morgan fingerprint density at radius 3 is 3.05 bits per heavy atom. The van der Waals surface area contributed by atoms with E-state index in [1.165, 1.54) is 12.0 Å². The monoisotopic (exact) mass is 278 g/mol. The number of aromatic nitrogens is 1. The number of benzene rings is 2. The van der Waals surface area contributed by atoms with E-state index in [9.17, 15) is 4.79 Å². The molecular weight excluding hydrogens is 264 g/mol. The zero-order chi connectivity index (χ0) is 14.2. The summed E-state index contributed by atoms with van der Waals surface area (Å²) in [4.78, 5) is 18.8. The first-order valence-electron chi connectivity index (χ1n) is 7.06. The Bertz CT molecular complexity index is 822. The number of carbonyl (C=O) groups is 1. The van der Waals surface area contributed by atoms with Crippen LogP contribution in [-0.4, -0.2) is 17.4 Å². The average molecular weight is 278 g/mol. The fraction of sp³-hybridized carbons (Fsp3) is 0.176. The zero-order valence-corrected chi connectivity index (χ0v) is 11.5. The molecule has 2 aromatic carbocycles. The number of fused-ring (bicyclic) bond motifs is 2. The molecule has 0 saturated carbocycles. The number of amides is 1. The molecular formula is C17H14N2O2. The molecule has 0 atom stereocenters. The number of hydrogen-bond acceptors (Lipinski definition) is 3. The van der Waals surface area contributed by atoms with Gasteiger partial charge in [-0.3, -0.25) is 4.79 Å². The Hall–Kier alpha value is -2.62. The van der Waals surface area contributed by atoms with Gasteiger partial charge in [0.2, 0.25) is 0 Å². The van der Waals surface area contributed by atoms with Crippen molar-refractivity contribution in [3.8, 4) is 0 Å². The summed E-state index contributed by atoms with van der Waals surface area (Å²) in [6, 6.07) is 13.5. The lowest BCUT2D eigenvalue weighted by molar-refractivity contribution is 0.0985. The highest BCUT2D eigenvalue weighted by Crippen LogP contribution is 2.28. The van der Waals surface area contributed by atoms with Crippen molar-refractivity contribution in [2.45, 2.75) is 12.8 Å². The number of oxazole rings is 1. The van der Waals surface area contributed by atoms with Gasteiger partial charge in [0.05, 0.1) is 0 Å². The predicted octanol–water partition coefficient (Wildman–Crippen LogP) is 3.42. The van der Waals surface area contributed by atoms with Gasteiger partial charge in [-0.05, 0) is 42.7 Å². The molecule has 0 spiro atoms. The van der Waals surface area contributed by atoms with E-state index in [1.54, 1.807) is 18.2 Å². The third-order valence-electron chi connectivity index (χ3n) is 3.93. The van der Waals surface area contributed by atoms with E-state index < -0.39 is 0 Å². The number of para-hydroxylation sites is 1. The largest absolute Gasteiger partial charge is 0.443 e. The quantitative estimate of drug-likeness (QED) is 0.685. The Morgan fingerprint density at radius 1 is 1.19 bits per heavy atom. The van der Waals surface area contributed by atoms with Gasteiger partial charge in [-0.25, -0.2) is 4.98 Å². The van der Waals surface area contributed by atoms with E-state index in [-0.39, 0.29) is 5.91 Å². The van der Waals surface area contributed by atoms with Crippen molar-refractivity contribution in [3.63, 3.8) is 0 Å². The van der Waals surface area contributed by atoms with E-state index in [2.05, 4.69) is 11.1 Å². The summed E-state index contributed by atoms with van der Waals surface area (Å²) >= 11 is 0. The SMILES string of the molecule is O=C(c1ccc2ocnc2c1)N1CCCc2ccccc21. The molecule has 1 aromatic heterocycles. The van der Waals surface area contributed by atoms with Gasteiger partial charge in [-0.2, -0.15) is 0 Å². The van der Waals surface area contributed by atoms with Gasteiger partial charge >= 0.3 is 0 Å². The summed E-state index contributed by atoms with van der Waals surface area (Å²) < 4.78 is 5.22. The summed E-state index contributed by atoms with van der Waals surface area (Å²) in [7, 11) is 0. The number of hydrogen-bond donors (Lipinski definition) is 0. The van der Waals surface area contributed by atoms with Gasteiger partial charge in [-0.1, -0.05) is 18.2 Å². The van der Waals surface area contributed by atoms with Crippen LogP contribution in [0.5, 0.6) is 0 Å². The van der Waals surface area contributed by atoms with Gasteiger partial charge in [0.1, 0.15) is 5.52 Å². The molecule has 0 fully saturated rings. The van der Waals surface area contributed by atoms with Crippen LogP contribution in [0.25, 0.3) is 11.1 Å². The number of carbonyl (C=O) groups excluding carboxylic acids is 1. The Labute approximate surface area is 122 Å². The van der Waals surface area contributed by atoms with E-state index in [0.29, 0.717) is 16.7 Å². The smallest absolute Gasteiger partial charge is 0.258 e. The molecule has 4 nitrogen and oxygen atoms in total. The minimum absolute atomic E-state index is 0.0204. The summed E-state index contributed by atoms with van der Waals surface area (Å²) in [5, 5.41) is 0. The Kier molecular flexibility index (Phi) is 2.74. The molecule has 0 N–H and O–H groups in total. The van der Waals surface area contributed by atoms with Crippen molar-refractivity contribution in [2.75, 3.05) is 11.4 Å². The lowest BCUT2D eigenvalue weighted by Crippen LogP contribution is -2.35. The fourth-order valence-corrected chi connectivity index (χ4v) is 2.89. The van der Waals surface area contributed by atoms with Gasteiger partial charge < -0.3 is 9.32 Å². The maximum atomic E-state index is 12.8. The second-order valence-corrected chi connectivity index (χ2v) is 5.22. The van der Waals surface area contributed by atoms with Crippen LogP contribution in [-0.2, 0) is 6.42 Å². The molecule has 0 saturated heterocycles. The van der Waals surface area contributed by atoms with Gasteiger partial charge in [0, 0.05) is 17.8 Å². The maximum absolute atomic E-state index is 12.8. The van der Waals surface area contributed by atoms with Crippen molar-refractivity contribution in [3.05, 3.63) is 60.0 Å². The standard InChI is InChI=1S/C17H14N2O2/c20-17(13-7-8-16-14(10-13)18-11-21-16)19-9-3-5-12-4-1-2-6-15(12)19/h1-2,4,6-8,10-11H,3,5,9H2. The van der Waals surface area contributed by atoms with Crippen LogP contribution in [0.3, 0.4) is 0 Å². The summed E-state index contributed by atoms with van der Waals surface area (Å²) in [5.74, 6) is 0.0204. The van der Waals surface area contributed by atoms with E-state index in [0.717, 1.165) is 25.1 Å². The third kappa shape index (κ3) is 2.00. The highest BCUT2D eigenvalue weighted by Gasteiger charge is 2.23. The zero-order valence-electron chi connectivity index (χ0n) is 11.5. The first kappa shape index (κ1) is 12.1. The molecule has 0 aliphatic carbocycles. The van der Waals surface area contributed by atoms with Gasteiger partial charge in [0.25, 0.3) is 5.91 Å². The molecule has 21 heavy (non-hydrogen) atoms. The van der Waals surface area contributed by atoms with Crippen LogP contribution in [0.15, 0.2) is 53.3 Å². The molecule has 0 bridgehead atoms. The van der Waals surface area contributed by atoms with E-state index in [4.69, 9.17) is 4.42 Å². The second-order valence-electron chi connectivity index (χ2n) is 5.22. The molecule has 4 rings (SSSR count). The van der Waals surface area contributed by atoms with Crippen molar-refractivity contribution in [2.24, 2.45) is 0 Å². The lowest BCUT2D eigenvalue weighted by Gasteiger charge is -2.29. The molecule has 3 aromatic rings. The van der Waals surface area contributed by atoms with Crippen LogP contribution in [0, 0.1) is 0 Å². The first-order chi connectivity index (χ1) is 10.3. The van der Waals surface area contributed by atoms with Crippen LogP contribution in [0.1, 0.15) is 22.3 Å². The second kappa shape index (κ2) is 4.74. The molecule has 104 valence electrons. The minimum Gasteiger partial charge on any atom is -0.443 e. The van der Waals surface area contributed by atoms with Crippen molar-refractivity contribution >= 4 is 22.7 Å². The van der Waals surface area contributed by atoms with Gasteiger partial charge in [0.15, 0.2) is 12.0 Å². The predicted molar refractivity (Wildman–Crippen MR) is 80.4 cm³/mol. The van der Waals surface area contributed by atoms with Crippen LogP contribution < -0.4 is 4.90 Å². The van der Waals surface area contributed by atoms with Crippen LogP contribution >= 0.6 is 0 Å². The summed E-state index contributed by atoms with van der Waals surface area (Å²) in [6.45, 7) is 0.757. The first-order valence-corrected chi connectivity index (χ1v) is 7.06. The number of anilines is 1. The summed E-state index contributed by atoms with van der Waals surface area (Å²) in [6.07, 6.45) is 3.42.